The van der Waals surface area contributed by atoms with Gasteiger partial charge in [0, 0.05) is 19.7 Å². The predicted molar refractivity (Wildman–Crippen MR) is 88.0 cm³/mol. The molecule has 0 unspecified atom stereocenters. The Labute approximate surface area is 155 Å². The van der Waals surface area contributed by atoms with Gasteiger partial charge in [-0.3, -0.25) is 18.7 Å². The molecule has 132 valence electrons. The first kappa shape index (κ1) is 19.1. The second kappa shape index (κ2) is 7.36. The number of fused-ring (bicyclic) bond motifs is 1. The minimum absolute atomic E-state index is 0. The number of ketones is 1. The highest BCUT2D eigenvalue weighted by Gasteiger charge is 2.15. The van der Waals surface area contributed by atoms with Crippen molar-refractivity contribution in [2.75, 3.05) is 5.75 Å². The van der Waals surface area contributed by atoms with Crippen LogP contribution in [0.5, 0.6) is 0 Å². The normalized spacial score (nSPS) is 10.7. The van der Waals surface area contributed by atoms with E-state index in [0.717, 1.165) is 16.3 Å². The molecule has 10 heteroatoms. The van der Waals surface area contributed by atoms with Gasteiger partial charge in [-0.25, -0.2) is 14.2 Å². The molecule has 7 nitrogen and oxygen atoms in total. The van der Waals surface area contributed by atoms with E-state index in [1.165, 1.54) is 42.9 Å². The lowest BCUT2D eigenvalue weighted by Crippen LogP contribution is -3.00. The lowest BCUT2D eigenvalue weighted by Gasteiger charge is -2.00. The summed E-state index contributed by atoms with van der Waals surface area (Å²) in [7, 11) is 2.90. The summed E-state index contributed by atoms with van der Waals surface area (Å²) < 4.78 is 15.1. The van der Waals surface area contributed by atoms with Crippen molar-refractivity contribution in [3.8, 4) is 0 Å². The number of benzene rings is 1. The molecule has 0 aliphatic heterocycles. The molecule has 0 amide bonds. The van der Waals surface area contributed by atoms with Gasteiger partial charge in [-0.1, -0.05) is 11.8 Å². The number of aromatic amines is 1. The maximum atomic E-state index is 12.9. The van der Waals surface area contributed by atoms with Crippen molar-refractivity contribution in [3.63, 3.8) is 0 Å². The van der Waals surface area contributed by atoms with E-state index in [0.29, 0.717) is 10.7 Å². The van der Waals surface area contributed by atoms with Crippen LogP contribution in [-0.2, 0) is 14.1 Å². The van der Waals surface area contributed by atoms with Crippen LogP contribution < -0.4 is 28.2 Å². The van der Waals surface area contributed by atoms with Crippen LogP contribution in [0.25, 0.3) is 11.2 Å². The number of imidazole rings is 1. The first-order chi connectivity index (χ1) is 11.4. The molecule has 0 spiro atoms. The van der Waals surface area contributed by atoms with E-state index in [9.17, 15) is 18.8 Å². The highest BCUT2D eigenvalue weighted by molar-refractivity contribution is 7.99. The molecular weight excluding hydrogens is 415 g/mol. The molecule has 0 fully saturated rings. The molecule has 0 bridgehead atoms. The third kappa shape index (κ3) is 3.59. The molecule has 0 radical (unpaired) electrons. The van der Waals surface area contributed by atoms with Crippen LogP contribution in [-0.4, -0.2) is 30.6 Å². The van der Waals surface area contributed by atoms with Crippen molar-refractivity contribution >= 4 is 28.7 Å². The summed E-state index contributed by atoms with van der Waals surface area (Å²) in [6.07, 6.45) is 0. The molecule has 0 aliphatic rings. The number of aromatic nitrogens is 4. The zero-order valence-electron chi connectivity index (χ0n) is 13.2. The number of hydrogen-bond acceptors (Lipinski definition) is 5. The number of nitrogens with zero attached hydrogens (tertiary/aromatic N) is 3. The minimum Gasteiger partial charge on any atom is -1.00 e. The van der Waals surface area contributed by atoms with Crippen molar-refractivity contribution < 1.29 is 26.2 Å². The fourth-order valence-corrected chi connectivity index (χ4v) is 2.99. The molecule has 2 aromatic heterocycles. The summed E-state index contributed by atoms with van der Waals surface area (Å²) in [6, 6.07) is 5.27. The maximum absolute atomic E-state index is 12.9. The third-order valence-electron chi connectivity index (χ3n) is 3.58. The number of carbonyl (C=O) groups excluding carboxylic acids is 1. The molecule has 0 saturated carbocycles. The van der Waals surface area contributed by atoms with Crippen molar-refractivity contribution in [1.82, 2.24) is 19.1 Å². The van der Waals surface area contributed by atoms with E-state index in [1.807, 2.05) is 0 Å². The number of Topliss-reactive ketones (excluding diaryl/α,β-unsaturated/α-hetero) is 1. The number of halogens is 2. The standard InChI is InChI=1S/C15H13FN4O3S.BrH/c1-19-12-11(13(22)20(2)15(19)23)17-14(18-12)24-7-10(21)8-3-5-9(16)6-4-8;/h3-6H,7H2,1-2H3,(H,17,18);1H/p-1. The number of nitrogens with one attached hydrogen (secondary N) is 1. The van der Waals surface area contributed by atoms with Gasteiger partial charge in [0.25, 0.3) is 5.56 Å². The fourth-order valence-electron chi connectivity index (χ4n) is 2.23. The number of carbonyl (C=O) groups is 1. The van der Waals surface area contributed by atoms with Crippen molar-refractivity contribution in [2.24, 2.45) is 14.1 Å². The molecule has 0 atom stereocenters. The number of aryl methyl sites for hydroxylation is 1. The Morgan fingerprint density at radius 1 is 1.20 bits per heavy atom. The Morgan fingerprint density at radius 3 is 2.48 bits per heavy atom. The quantitative estimate of drug-likeness (QED) is 0.387. The molecule has 0 aliphatic carbocycles. The number of H-pyrrole nitrogens is 1. The summed E-state index contributed by atoms with van der Waals surface area (Å²) in [4.78, 5) is 43.1. The molecule has 3 rings (SSSR count). The van der Waals surface area contributed by atoms with Gasteiger partial charge < -0.3 is 22.0 Å². The van der Waals surface area contributed by atoms with Gasteiger partial charge in [-0.15, -0.1) is 0 Å². The summed E-state index contributed by atoms with van der Waals surface area (Å²) in [6.45, 7) is 0. The monoisotopic (exact) mass is 427 g/mol. The topological polar surface area (TPSA) is 89.8 Å². The molecule has 2 heterocycles. The molecule has 3 aromatic rings. The first-order valence-corrected chi connectivity index (χ1v) is 7.94. The number of rotatable bonds is 4. The van der Waals surface area contributed by atoms with Gasteiger partial charge in [-0.2, -0.15) is 0 Å². The lowest BCUT2D eigenvalue weighted by atomic mass is 10.1. The zero-order valence-corrected chi connectivity index (χ0v) is 15.6. The second-order valence-electron chi connectivity index (χ2n) is 5.17. The number of hydrogen-bond donors (Lipinski definition) is 1. The lowest BCUT2D eigenvalue weighted by molar-refractivity contribution is -0.0000135. The maximum Gasteiger partial charge on any atom is 0.332 e. The van der Waals surface area contributed by atoms with E-state index in [1.54, 1.807) is 0 Å². The Balaban J connectivity index is 0.00000225. The molecular formula is C15H13BrFN4O3S-. The molecule has 25 heavy (non-hydrogen) atoms. The van der Waals surface area contributed by atoms with Crippen LogP contribution in [0.15, 0.2) is 39.0 Å². The summed E-state index contributed by atoms with van der Waals surface area (Å²) >= 11 is 1.11. The summed E-state index contributed by atoms with van der Waals surface area (Å²) in [5, 5.41) is 0.360. The van der Waals surface area contributed by atoms with Gasteiger partial charge in [0.2, 0.25) is 0 Å². The summed E-state index contributed by atoms with van der Waals surface area (Å²) in [5.41, 5.74) is -0.116. The SMILES string of the molecule is Cn1c(=O)c2[nH]c(SCC(=O)c3ccc(F)cc3)nc2n(C)c1=O.[Br-]. The smallest absolute Gasteiger partial charge is 0.332 e. The Morgan fingerprint density at radius 2 is 1.84 bits per heavy atom. The van der Waals surface area contributed by atoms with Gasteiger partial charge in [0.05, 0.1) is 5.75 Å². The van der Waals surface area contributed by atoms with Crippen molar-refractivity contribution in [1.29, 1.82) is 0 Å². The highest BCUT2D eigenvalue weighted by Crippen LogP contribution is 2.18. The first-order valence-electron chi connectivity index (χ1n) is 6.96. The summed E-state index contributed by atoms with van der Waals surface area (Å²) in [5.74, 6) is -0.532. The van der Waals surface area contributed by atoms with Gasteiger partial charge in [0.15, 0.2) is 22.1 Å². The van der Waals surface area contributed by atoms with E-state index in [-0.39, 0.29) is 39.7 Å². The molecule has 1 N–H and O–H groups in total. The van der Waals surface area contributed by atoms with Gasteiger partial charge in [0.1, 0.15) is 5.82 Å². The Kier molecular flexibility index (Phi) is 5.63. The average Bonchev–Trinajstić information content (AvgIpc) is 3.01. The van der Waals surface area contributed by atoms with E-state index < -0.39 is 17.1 Å². The molecule has 1 aromatic carbocycles. The van der Waals surface area contributed by atoms with Crippen LogP contribution >= 0.6 is 11.8 Å². The third-order valence-corrected chi connectivity index (χ3v) is 4.45. The van der Waals surface area contributed by atoms with E-state index >= 15 is 0 Å². The van der Waals surface area contributed by atoms with Crippen LogP contribution in [0.3, 0.4) is 0 Å². The number of thioether (sulfide) groups is 1. The highest BCUT2D eigenvalue weighted by atomic mass is 79.9. The largest absolute Gasteiger partial charge is 1.00 e. The average molecular weight is 428 g/mol. The van der Waals surface area contributed by atoms with Crippen LogP contribution in [0, 0.1) is 5.82 Å². The van der Waals surface area contributed by atoms with Crippen molar-refractivity contribution in [2.45, 2.75) is 5.16 Å². The van der Waals surface area contributed by atoms with E-state index in [4.69, 9.17) is 0 Å². The minimum atomic E-state index is -0.475. The Bertz CT molecular complexity index is 1060. The van der Waals surface area contributed by atoms with Gasteiger partial charge in [-0.05, 0) is 24.3 Å². The van der Waals surface area contributed by atoms with Crippen LogP contribution in [0.1, 0.15) is 10.4 Å². The molecule has 0 saturated heterocycles. The fraction of sp³-hybridized carbons (Fsp3) is 0.200. The van der Waals surface area contributed by atoms with Crippen LogP contribution in [0.4, 0.5) is 4.39 Å². The van der Waals surface area contributed by atoms with Crippen LogP contribution in [0.2, 0.25) is 0 Å². The van der Waals surface area contributed by atoms with Gasteiger partial charge >= 0.3 is 5.69 Å². The zero-order chi connectivity index (χ0) is 17.4. The van der Waals surface area contributed by atoms with Crippen molar-refractivity contribution in [3.05, 3.63) is 56.5 Å². The predicted octanol–water partition coefficient (Wildman–Crippen LogP) is -1.92. The van der Waals surface area contributed by atoms with E-state index in [2.05, 4.69) is 9.97 Å². The second-order valence-corrected chi connectivity index (χ2v) is 6.13. The Hall–Kier alpha value is -2.20.